The summed E-state index contributed by atoms with van der Waals surface area (Å²) in [5.74, 6) is -0.159. The second-order valence-electron chi connectivity index (χ2n) is 7.43. The molecule has 4 aromatic rings. The minimum absolute atomic E-state index is 0.0575. The largest absolute Gasteiger partial charge is 0.492 e. The highest BCUT2D eigenvalue weighted by molar-refractivity contribution is 6.12. The van der Waals surface area contributed by atoms with Gasteiger partial charge in [0.15, 0.2) is 5.69 Å². The molecule has 2 amide bonds. The van der Waals surface area contributed by atoms with E-state index in [4.69, 9.17) is 9.47 Å². The SMILES string of the molecule is CCOc1cc(NC(=O)c2n[nH]c(=O)c3ccccc23)c(OCC)cc1NC(=O)c1ccccc1. The third-order valence-corrected chi connectivity index (χ3v) is 5.12. The number of hydrogen-bond acceptors (Lipinski definition) is 6. The van der Waals surface area contributed by atoms with Crippen LogP contribution in [0.3, 0.4) is 0 Å². The average Bonchev–Trinajstić information content (AvgIpc) is 2.87. The number of carbonyl (C=O) groups excluding carboxylic acids is 2. The molecule has 9 nitrogen and oxygen atoms in total. The van der Waals surface area contributed by atoms with Crippen LogP contribution in [0.2, 0.25) is 0 Å². The average molecular weight is 473 g/mol. The zero-order valence-corrected chi connectivity index (χ0v) is 19.3. The van der Waals surface area contributed by atoms with Gasteiger partial charge in [0.05, 0.1) is 30.0 Å². The third-order valence-electron chi connectivity index (χ3n) is 5.12. The smallest absolute Gasteiger partial charge is 0.276 e. The molecule has 0 aliphatic carbocycles. The summed E-state index contributed by atoms with van der Waals surface area (Å²) in [6.07, 6.45) is 0. The summed E-state index contributed by atoms with van der Waals surface area (Å²) >= 11 is 0. The summed E-state index contributed by atoms with van der Waals surface area (Å²) in [7, 11) is 0. The van der Waals surface area contributed by atoms with Crippen LogP contribution in [0.15, 0.2) is 71.5 Å². The molecule has 1 heterocycles. The molecule has 9 heteroatoms. The van der Waals surface area contributed by atoms with Crippen molar-refractivity contribution in [1.29, 1.82) is 0 Å². The van der Waals surface area contributed by atoms with Gasteiger partial charge in [-0.05, 0) is 32.0 Å². The van der Waals surface area contributed by atoms with Gasteiger partial charge >= 0.3 is 0 Å². The highest BCUT2D eigenvalue weighted by atomic mass is 16.5. The molecule has 178 valence electrons. The molecule has 0 saturated heterocycles. The molecule has 0 saturated carbocycles. The van der Waals surface area contributed by atoms with Crippen molar-refractivity contribution in [3.63, 3.8) is 0 Å². The quantitative estimate of drug-likeness (QED) is 0.353. The number of hydrogen-bond donors (Lipinski definition) is 3. The first-order valence-corrected chi connectivity index (χ1v) is 11.1. The molecule has 1 aromatic heterocycles. The van der Waals surface area contributed by atoms with Gasteiger partial charge in [-0.25, -0.2) is 5.10 Å². The molecular weight excluding hydrogens is 448 g/mol. The van der Waals surface area contributed by atoms with Gasteiger partial charge < -0.3 is 20.1 Å². The number of amides is 2. The maximum Gasteiger partial charge on any atom is 0.276 e. The molecule has 4 rings (SSSR count). The van der Waals surface area contributed by atoms with Crippen LogP contribution in [-0.4, -0.2) is 35.2 Å². The van der Waals surface area contributed by atoms with Crippen molar-refractivity contribution in [3.05, 3.63) is 88.3 Å². The number of benzene rings is 3. The van der Waals surface area contributed by atoms with Gasteiger partial charge in [-0.1, -0.05) is 36.4 Å². The van der Waals surface area contributed by atoms with E-state index in [2.05, 4.69) is 20.8 Å². The monoisotopic (exact) mass is 472 g/mol. The molecule has 0 radical (unpaired) electrons. The Balaban J connectivity index is 1.70. The molecule has 0 fully saturated rings. The van der Waals surface area contributed by atoms with Crippen LogP contribution in [0.1, 0.15) is 34.7 Å². The Hall–Kier alpha value is -4.66. The van der Waals surface area contributed by atoms with Gasteiger partial charge in [0.25, 0.3) is 17.4 Å². The van der Waals surface area contributed by atoms with Gasteiger partial charge in [0.1, 0.15) is 11.5 Å². The zero-order valence-electron chi connectivity index (χ0n) is 19.3. The number of aromatic nitrogens is 2. The van der Waals surface area contributed by atoms with Gasteiger partial charge in [0, 0.05) is 23.1 Å². The first-order valence-electron chi connectivity index (χ1n) is 11.1. The van der Waals surface area contributed by atoms with Crippen molar-refractivity contribution in [2.75, 3.05) is 23.8 Å². The van der Waals surface area contributed by atoms with E-state index < -0.39 is 5.91 Å². The summed E-state index contributed by atoms with van der Waals surface area (Å²) in [5.41, 5.74) is 0.887. The van der Waals surface area contributed by atoms with E-state index in [0.717, 1.165) is 0 Å². The Kier molecular flexibility index (Phi) is 7.06. The van der Waals surface area contributed by atoms with Crippen molar-refractivity contribution in [3.8, 4) is 11.5 Å². The molecule has 0 atom stereocenters. The second kappa shape index (κ2) is 10.5. The zero-order chi connectivity index (χ0) is 24.8. The number of nitrogens with zero attached hydrogens (tertiary/aromatic N) is 1. The van der Waals surface area contributed by atoms with E-state index in [1.165, 1.54) is 0 Å². The molecule has 3 aromatic carbocycles. The molecule has 0 spiro atoms. The van der Waals surface area contributed by atoms with Crippen LogP contribution in [0.5, 0.6) is 11.5 Å². The van der Waals surface area contributed by atoms with E-state index in [1.807, 2.05) is 13.0 Å². The van der Waals surface area contributed by atoms with Gasteiger partial charge in [-0.3, -0.25) is 14.4 Å². The Morgan fingerprint density at radius 1 is 0.800 bits per heavy atom. The molecule has 0 unspecified atom stereocenters. The number of anilines is 2. The van der Waals surface area contributed by atoms with Crippen LogP contribution < -0.4 is 25.7 Å². The molecule has 35 heavy (non-hydrogen) atoms. The third kappa shape index (κ3) is 5.14. The van der Waals surface area contributed by atoms with Crippen molar-refractivity contribution in [2.45, 2.75) is 13.8 Å². The number of ether oxygens (including phenoxy) is 2. The summed E-state index contributed by atoms with van der Waals surface area (Å²) < 4.78 is 11.5. The highest BCUT2D eigenvalue weighted by Gasteiger charge is 2.20. The highest BCUT2D eigenvalue weighted by Crippen LogP contribution is 2.37. The van der Waals surface area contributed by atoms with E-state index in [1.54, 1.807) is 67.6 Å². The Morgan fingerprint density at radius 3 is 1.94 bits per heavy atom. The Bertz CT molecular complexity index is 1430. The first-order chi connectivity index (χ1) is 17.0. The Labute approximate surface area is 201 Å². The predicted octanol–water partition coefficient (Wildman–Crippen LogP) is 4.23. The van der Waals surface area contributed by atoms with Gasteiger partial charge in [-0.2, -0.15) is 5.10 Å². The van der Waals surface area contributed by atoms with Crippen LogP contribution in [0.25, 0.3) is 10.8 Å². The minimum Gasteiger partial charge on any atom is -0.492 e. The fraction of sp³-hybridized carbons (Fsp3) is 0.154. The van der Waals surface area contributed by atoms with Crippen molar-refractivity contribution in [1.82, 2.24) is 10.2 Å². The van der Waals surface area contributed by atoms with E-state index in [-0.39, 0.29) is 17.2 Å². The van der Waals surface area contributed by atoms with Crippen LogP contribution >= 0.6 is 0 Å². The second-order valence-corrected chi connectivity index (χ2v) is 7.43. The van der Waals surface area contributed by atoms with Crippen LogP contribution in [0.4, 0.5) is 11.4 Å². The fourth-order valence-electron chi connectivity index (χ4n) is 3.56. The van der Waals surface area contributed by atoms with Crippen molar-refractivity contribution in [2.24, 2.45) is 0 Å². The molecule has 0 aliphatic rings. The summed E-state index contributed by atoms with van der Waals surface area (Å²) in [4.78, 5) is 38.0. The lowest BCUT2D eigenvalue weighted by Crippen LogP contribution is -2.20. The number of nitrogens with one attached hydrogen (secondary N) is 3. The van der Waals surface area contributed by atoms with Crippen LogP contribution in [0, 0.1) is 0 Å². The lowest BCUT2D eigenvalue weighted by atomic mass is 10.1. The number of aromatic amines is 1. The van der Waals surface area contributed by atoms with Crippen molar-refractivity contribution < 1.29 is 19.1 Å². The van der Waals surface area contributed by atoms with Crippen LogP contribution in [-0.2, 0) is 0 Å². The van der Waals surface area contributed by atoms with E-state index in [0.29, 0.717) is 52.4 Å². The lowest BCUT2D eigenvalue weighted by Gasteiger charge is -2.18. The van der Waals surface area contributed by atoms with Crippen molar-refractivity contribution >= 4 is 34.0 Å². The molecule has 3 N–H and O–H groups in total. The summed E-state index contributed by atoms with van der Waals surface area (Å²) in [5, 5.41) is 12.7. The first kappa shape index (κ1) is 23.5. The number of fused-ring (bicyclic) bond motifs is 1. The maximum atomic E-state index is 13.2. The predicted molar refractivity (Wildman–Crippen MR) is 133 cm³/mol. The van der Waals surface area contributed by atoms with E-state index >= 15 is 0 Å². The number of rotatable bonds is 8. The summed E-state index contributed by atoms with van der Waals surface area (Å²) in [6.45, 7) is 4.28. The normalized spacial score (nSPS) is 10.6. The molecule has 0 bridgehead atoms. The summed E-state index contributed by atoms with van der Waals surface area (Å²) in [6, 6.07) is 18.7. The Morgan fingerprint density at radius 2 is 1.34 bits per heavy atom. The number of H-pyrrole nitrogens is 1. The number of carbonyl (C=O) groups is 2. The maximum absolute atomic E-state index is 13.2. The standard InChI is InChI=1S/C26H24N4O5/c1-3-34-21-15-20(28-26(33)23-17-12-8-9-13-18(17)25(32)30-29-23)22(35-4-2)14-19(21)27-24(31)16-10-6-5-7-11-16/h5-15H,3-4H2,1-2H3,(H,27,31)(H,28,33)(H,30,32). The van der Waals surface area contributed by atoms with E-state index in [9.17, 15) is 14.4 Å². The topological polar surface area (TPSA) is 122 Å². The fourth-order valence-corrected chi connectivity index (χ4v) is 3.56. The molecule has 0 aliphatic heterocycles. The van der Waals surface area contributed by atoms with Gasteiger partial charge in [-0.15, -0.1) is 0 Å². The van der Waals surface area contributed by atoms with Gasteiger partial charge in [0.2, 0.25) is 0 Å². The lowest BCUT2D eigenvalue weighted by molar-refractivity contribution is 0.101. The molecular formula is C26H24N4O5. The minimum atomic E-state index is -0.540.